The van der Waals surface area contributed by atoms with E-state index >= 15 is 0 Å². The van der Waals surface area contributed by atoms with Crippen LogP contribution in [-0.4, -0.2) is 37.5 Å². The molecule has 0 aliphatic rings. The van der Waals surface area contributed by atoms with Crippen LogP contribution in [-0.2, 0) is 4.74 Å². The van der Waals surface area contributed by atoms with E-state index in [1.54, 1.807) is 6.20 Å². The zero-order chi connectivity index (χ0) is 24.2. The Kier molecular flexibility index (Phi) is 6.64. The van der Waals surface area contributed by atoms with Crippen molar-refractivity contribution in [1.82, 2.24) is 19.9 Å². The Labute approximate surface area is 189 Å². The number of fused-ring (bicyclic) bond motifs is 2. The van der Waals surface area contributed by atoms with Gasteiger partial charge in [0.05, 0.1) is 27.8 Å². The number of ether oxygens (including phenoxy) is 1. The zero-order valence-electron chi connectivity index (χ0n) is 18.9. The Morgan fingerprint density at radius 3 is 2.18 bits per heavy atom. The van der Waals surface area contributed by atoms with Crippen LogP contribution < -0.4 is 5.32 Å². The molecule has 0 spiro atoms. The van der Waals surface area contributed by atoms with Gasteiger partial charge in [-0.2, -0.15) is 0 Å². The first-order valence-electron chi connectivity index (χ1n) is 10.1. The molecule has 0 saturated heterocycles. The van der Waals surface area contributed by atoms with Crippen molar-refractivity contribution in [3.63, 3.8) is 0 Å². The predicted molar refractivity (Wildman–Crippen MR) is 125 cm³/mol. The van der Waals surface area contributed by atoms with Gasteiger partial charge in [0.25, 0.3) is 5.91 Å². The topological polar surface area (TPSA) is 162 Å². The summed E-state index contributed by atoms with van der Waals surface area (Å²) in [5.41, 5.74) is 13.2. The van der Waals surface area contributed by atoms with E-state index in [0.717, 1.165) is 27.9 Å². The molecule has 0 unspecified atom stereocenters. The van der Waals surface area contributed by atoms with Crippen molar-refractivity contribution < 1.29 is 14.3 Å². The Hall–Kier alpha value is -4.37. The van der Waals surface area contributed by atoms with Gasteiger partial charge in [0, 0.05) is 28.7 Å². The fraction of sp³-hybridized carbons (Fsp3) is 0.273. The first-order valence-corrected chi connectivity index (χ1v) is 10.1. The first kappa shape index (κ1) is 23.3. The number of nitrogens with one attached hydrogen (secondary N) is 3. The number of hydrogen-bond acceptors (Lipinski definition) is 5. The third kappa shape index (κ3) is 5.86. The molecule has 0 bridgehead atoms. The van der Waals surface area contributed by atoms with E-state index < -0.39 is 17.6 Å². The largest absolute Gasteiger partial charge is 0.444 e. The number of carbonyl (C=O) groups excluding carboxylic acids is 2. The maximum absolute atomic E-state index is 11.7. The summed E-state index contributed by atoms with van der Waals surface area (Å²) in [5, 5.41) is 5.72. The fourth-order valence-electron chi connectivity index (χ4n) is 2.96. The highest BCUT2D eigenvalue weighted by molar-refractivity contribution is 6.05. The number of rotatable bonds is 2. The second-order valence-electron chi connectivity index (χ2n) is 8.22. The SMILES string of the molecule is Cc1ccc2[nH]cc(C(=O)N=[N+]=[N-])c2n1.Cc1ccc2[nH]cc(NC(=O)OC(C)(C)C)c2n1. The quantitative estimate of drug-likeness (QED) is 0.208. The molecule has 0 radical (unpaired) electrons. The molecule has 4 aromatic heterocycles. The van der Waals surface area contributed by atoms with Gasteiger partial charge in [-0.3, -0.25) is 15.1 Å². The van der Waals surface area contributed by atoms with Crippen molar-refractivity contribution in [2.24, 2.45) is 5.11 Å². The predicted octanol–water partition coefficient (Wildman–Crippen LogP) is 5.54. The Balaban J connectivity index is 0.000000189. The van der Waals surface area contributed by atoms with Crippen LogP contribution >= 0.6 is 0 Å². The second-order valence-corrected chi connectivity index (χ2v) is 8.22. The minimum absolute atomic E-state index is 0.298. The molecule has 2 amide bonds. The zero-order valence-corrected chi connectivity index (χ0v) is 18.9. The van der Waals surface area contributed by atoms with Gasteiger partial charge in [-0.05, 0) is 69.5 Å². The molecule has 170 valence electrons. The lowest BCUT2D eigenvalue weighted by Crippen LogP contribution is -2.27. The maximum atomic E-state index is 11.7. The average Bonchev–Trinajstić information content (AvgIpc) is 3.31. The lowest BCUT2D eigenvalue weighted by molar-refractivity contribution is 0.0636. The van der Waals surface area contributed by atoms with Crippen molar-refractivity contribution in [3.8, 4) is 0 Å². The van der Waals surface area contributed by atoms with Gasteiger partial charge >= 0.3 is 6.09 Å². The number of nitrogens with zero attached hydrogens (tertiary/aromatic N) is 5. The Morgan fingerprint density at radius 1 is 1.00 bits per heavy atom. The van der Waals surface area contributed by atoms with Crippen molar-refractivity contribution in [3.05, 3.63) is 64.1 Å². The maximum Gasteiger partial charge on any atom is 0.412 e. The Morgan fingerprint density at radius 2 is 1.58 bits per heavy atom. The highest BCUT2D eigenvalue weighted by atomic mass is 16.6. The summed E-state index contributed by atoms with van der Waals surface area (Å²) in [6.07, 6.45) is 2.72. The van der Waals surface area contributed by atoms with Crippen LogP contribution in [0.25, 0.3) is 32.5 Å². The lowest BCUT2D eigenvalue weighted by atomic mass is 10.2. The van der Waals surface area contributed by atoms with E-state index in [2.05, 4.69) is 35.3 Å². The number of carbonyl (C=O) groups is 2. The van der Waals surface area contributed by atoms with Crippen LogP contribution in [0.5, 0.6) is 0 Å². The van der Waals surface area contributed by atoms with Crippen LogP contribution in [0, 0.1) is 13.8 Å². The molecule has 33 heavy (non-hydrogen) atoms. The molecule has 4 rings (SSSR count). The molecule has 11 heteroatoms. The van der Waals surface area contributed by atoms with Crippen LogP contribution in [0.15, 0.2) is 41.8 Å². The number of aromatic amines is 2. The molecule has 4 heterocycles. The van der Waals surface area contributed by atoms with E-state index in [0.29, 0.717) is 16.8 Å². The standard InChI is InChI=1S/C13H17N3O2.C9H7N5O/c1-8-5-6-9-11(15-8)10(7-14-9)16-12(17)18-13(2,3)4;1-5-2-3-7-8(12-5)6(4-11-7)9(15)13-14-10/h5-7,14H,1-4H3,(H,16,17);2-4,11H,1H3. The van der Waals surface area contributed by atoms with Crippen molar-refractivity contribution in [2.75, 3.05) is 5.32 Å². The minimum Gasteiger partial charge on any atom is -0.444 e. The highest BCUT2D eigenvalue weighted by Gasteiger charge is 2.17. The monoisotopic (exact) mass is 448 g/mol. The Bertz CT molecular complexity index is 1370. The molecule has 4 aromatic rings. The van der Waals surface area contributed by atoms with Gasteiger partial charge in [0.2, 0.25) is 0 Å². The molecule has 0 saturated carbocycles. The summed E-state index contributed by atoms with van der Waals surface area (Å²) in [5.74, 6) is -0.623. The van der Waals surface area contributed by atoms with Crippen molar-refractivity contribution in [2.45, 2.75) is 40.2 Å². The number of pyridine rings is 2. The number of aryl methyl sites for hydroxylation is 2. The molecule has 0 aliphatic heterocycles. The number of azide groups is 1. The number of H-pyrrole nitrogens is 2. The number of hydrogen-bond donors (Lipinski definition) is 3. The fourth-order valence-corrected chi connectivity index (χ4v) is 2.96. The van der Waals surface area contributed by atoms with Gasteiger partial charge in [0.1, 0.15) is 11.1 Å². The van der Waals surface area contributed by atoms with Crippen LogP contribution in [0.2, 0.25) is 0 Å². The summed E-state index contributed by atoms with van der Waals surface area (Å²) in [7, 11) is 0. The minimum atomic E-state index is -0.623. The summed E-state index contributed by atoms with van der Waals surface area (Å²) in [6.45, 7) is 9.20. The molecule has 0 atom stereocenters. The van der Waals surface area contributed by atoms with Gasteiger partial charge in [-0.25, -0.2) is 9.78 Å². The van der Waals surface area contributed by atoms with Gasteiger partial charge in [0.15, 0.2) is 0 Å². The van der Waals surface area contributed by atoms with Crippen LogP contribution in [0.1, 0.15) is 42.5 Å². The smallest absolute Gasteiger partial charge is 0.412 e. The van der Waals surface area contributed by atoms with E-state index in [9.17, 15) is 9.59 Å². The summed E-state index contributed by atoms with van der Waals surface area (Å²) in [6, 6.07) is 7.50. The van der Waals surface area contributed by atoms with E-state index in [1.807, 2.05) is 58.9 Å². The van der Waals surface area contributed by atoms with Crippen molar-refractivity contribution in [1.29, 1.82) is 0 Å². The van der Waals surface area contributed by atoms with E-state index in [1.165, 1.54) is 6.20 Å². The number of amides is 2. The van der Waals surface area contributed by atoms with Crippen LogP contribution in [0.4, 0.5) is 10.5 Å². The van der Waals surface area contributed by atoms with Crippen molar-refractivity contribution >= 4 is 39.8 Å². The summed E-state index contributed by atoms with van der Waals surface area (Å²) < 4.78 is 5.20. The lowest BCUT2D eigenvalue weighted by Gasteiger charge is -2.19. The number of aromatic nitrogens is 4. The molecule has 0 aromatic carbocycles. The second kappa shape index (κ2) is 9.41. The molecule has 0 aliphatic carbocycles. The van der Waals surface area contributed by atoms with E-state index in [4.69, 9.17) is 10.3 Å². The van der Waals surface area contributed by atoms with Crippen LogP contribution in [0.3, 0.4) is 0 Å². The molecular weight excluding hydrogens is 424 g/mol. The molecule has 3 N–H and O–H groups in total. The molecule has 11 nitrogen and oxygen atoms in total. The van der Waals surface area contributed by atoms with Gasteiger partial charge in [-0.15, -0.1) is 0 Å². The molecular formula is C22H24N8O3. The first-order chi connectivity index (χ1) is 15.6. The van der Waals surface area contributed by atoms with Gasteiger partial charge in [-0.1, -0.05) is 0 Å². The van der Waals surface area contributed by atoms with Gasteiger partial charge < -0.3 is 14.7 Å². The highest BCUT2D eigenvalue weighted by Crippen LogP contribution is 2.22. The third-order valence-electron chi connectivity index (χ3n) is 4.32. The summed E-state index contributed by atoms with van der Waals surface area (Å²) in [4.78, 5) is 40.0. The third-order valence-corrected chi connectivity index (χ3v) is 4.32. The average molecular weight is 448 g/mol. The molecule has 0 fully saturated rings. The normalized spacial score (nSPS) is 10.8. The number of anilines is 1. The van der Waals surface area contributed by atoms with E-state index in [-0.39, 0.29) is 0 Å². The summed E-state index contributed by atoms with van der Waals surface area (Å²) >= 11 is 0.